The Morgan fingerprint density at radius 1 is 1.43 bits per heavy atom. The van der Waals surface area contributed by atoms with Crippen molar-refractivity contribution >= 4 is 28.4 Å². The minimum atomic E-state index is -3.89. The van der Waals surface area contributed by atoms with Crippen molar-refractivity contribution in [3.63, 3.8) is 0 Å². The van der Waals surface area contributed by atoms with Gasteiger partial charge in [0.05, 0.1) is 10.6 Å². The third-order valence-corrected chi connectivity index (χ3v) is 1.84. The quantitative estimate of drug-likeness (QED) is 0.446. The zero-order valence-electron chi connectivity index (χ0n) is 6.88. The van der Waals surface area contributed by atoms with Gasteiger partial charge < -0.3 is 0 Å². The SMILES string of the molecule is [B]S(=O)(=O)Nc1cccc([N+](=O)[O-])c1. The van der Waals surface area contributed by atoms with E-state index in [-0.39, 0.29) is 11.4 Å². The maximum absolute atomic E-state index is 10.6. The molecule has 1 N–H and O–H groups in total. The normalized spacial score (nSPS) is 10.9. The summed E-state index contributed by atoms with van der Waals surface area (Å²) in [5.41, 5.74) is -0.152. The average molecular weight is 212 g/mol. The molecule has 1 rings (SSSR count). The summed E-state index contributed by atoms with van der Waals surface area (Å²) in [5, 5.41) is 10.3. The zero-order chi connectivity index (χ0) is 10.8. The highest BCUT2D eigenvalue weighted by atomic mass is 32.2. The molecule has 0 fully saturated rings. The van der Waals surface area contributed by atoms with Crippen molar-refractivity contribution in [3.05, 3.63) is 34.4 Å². The molecule has 0 heterocycles. The van der Waals surface area contributed by atoms with Crippen LogP contribution in [0, 0.1) is 10.1 Å². The van der Waals surface area contributed by atoms with E-state index in [1.54, 1.807) is 0 Å². The summed E-state index contributed by atoms with van der Waals surface area (Å²) < 4.78 is 23.1. The minimum absolute atomic E-state index is 0.0571. The van der Waals surface area contributed by atoms with Gasteiger partial charge in [-0.05, 0) is 6.07 Å². The number of rotatable bonds is 3. The molecule has 0 saturated carbocycles. The van der Waals surface area contributed by atoms with Gasteiger partial charge in [0, 0.05) is 12.1 Å². The van der Waals surface area contributed by atoms with Gasteiger partial charge in [0.2, 0.25) is 0 Å². The standard InChI is InChI=1S/C6H5BN2O4S/c7-14(12,13)8-5-2-1-3-6(4-5)9(10)11/h1-4,8H. The molecular formula is C6H5BN2O4S. The summed E-state index contributed by atoms with van der Waals surface area (Å²) in [4.78, 5) is 9.69. The molecule has 0 spiro atoms. The smallest absolute Gasteiger partial charge is 0.285 e. The van der Waals surface area contributed by atoms with Crippen LogP contribution in [0.25, 0.3) is 0 Å². The molecule has 0 amide bonds. The number of hydrogen-bond donors (Lipinski definition) is 1. The van der Waals surface area contributed by atoms with Crippen LogP contribution in [0.2, 0.25) is 0 Å². The van der Waals surface area contributed by atoms with Crippen molar-refractivity contribution in [1.82, 2.24) is 0 Å². The Kier molecular flexibility index (Phi) is 2.75. The zero-order valence-corrected chi connectivity index (χ0v) is 7.69. The van der Waals surface area contributed by atoms with Gasteiger partial charge in [0.15, 0.2) is 9.87 Å². The molecule has 1 aromatic carbocycles. The van der Waals surface area contributed by atoms with Crippen LogP contribution in [0.3, 0.4) is 0 Å². The Hall–Kier alpha value is -1.57. The summed E-state index contributed by atoms with van der Waals surface area (Å²) >= 11 is 0. The second-order valence-corrected chi connectivity index (χ2v) is 3.75. The third-order valence-electron chi connectivity index (χ3n) is 1.32. The van der Waals surface area contributed by atoms with Crippen molar-refractivity contribution in [2.45, 2.75) is 0 Å². The lowest BCUT2D eigenvalue weighted by molar-refractivity contribution is -0.384. The molecular weight excluding hydrogens is 207 g/mol. The van der Waals surface area contributed by atoms with E-state index in [1.807, 2.05) is 4.72 Å². The highest BCUT2D eigenvalue weighted by Crippen LogP contribution is 2.17. The largest absolute Gasteiger partial charge is 0.294 e. The fourth-order valence-electron chi connectivity index (χ4n) is 0.847. The van der Waals surface area contributed by atoms with E-state index in [0.717, 1.165) is 6.07 Å². The van der Waals surface area contributed by atoms with Crippen molar-refractivity contribution in [3.8, 4) is 0 Å². The maximum atomic E-state index is 10.6. The van der Waals surface area contributed by atoms with E-state index in [2.05, 4.69) is 7.12 Å². The molecule has 1 aromatic rings. The van der Waals surface area contributed by atoms with Crippen molar-refractivity contribution in [1.29, 1.82) is 0 Å². The van der Waals surface area contributed by atoms with Crippen LogP contribution in [-0.4, -0.2) is 20.5 Å². The fourth-order valence-corrected chi connectivity index (χ4v) is 1.30. The summed E-state index contributed by atoms with van der Waals surface area (Å²) in [5.74, 6) is 0. The Balaban J connectivity index is 3.01. The molecule has 0 aliphatic heterocycles. The van der Waals surface area contributed by atoms with E-state index in [0.29, 0.717) is 0 Å². The van der Waals surface area contributed by atoms with Crippen LogP contribution in [-0.2, 0) is 9.87 Å². The summed E-state index contributed by atoms with van der Waals surface area (Å²) in [6, 6.07) is 5.03. The van der Waals surface area contributed by atoms with E-state index in [4.69, 9.17) is 0 Å². The van der Waals surface area contributed by atoms with Crippen molar-refractivity contribution in [2.75, 3.05) is 4.72 Å². The van der Waals surface area contributed by atoms with Crippen LogP contribution in [0.1, 0.15) is 0 Å². The molecule has 0 bridgehead atoms. The van der Waals surface area contributed by atoms with E-state index in [9.17, 15) is 18.5 Å². The second kappa shape index (κ2) is 3.66. The molecule has 6 nitrogen and oxygen atoms in total. The first-order valence-corrected chi connectivity index (χ1v) is 4.98. The van der Waals surface area contributed by atoms with Gasteiger partial charge in [0.25, 0.3) is 12.8 Å². The predicted molar refractivity (Wildman–Crippen MR) is 51.4 cm³/mol. The van der Waals surface area contributed by atoms with Gasteiger partial charge in [-0.3, -0.25) is 14.8 Å². The Bertz CT molecular complexity index is 459. The monoisotopic (exact) mass is 212 g/mol. The first-order chi connectivity index (χ1) is 6.38. The van der Waals surface area contributed by atoms with E-state index in [1.165, 1.54) is 18.2 Å². The van der Waals surface area contributed by atoms with Crippen LogP contribution < -0.4 is 4.72 Å². The van der Waals surface area contributed by atoms with Gasteiger partial charge in [-0.15, -0.1) is 0 Å². The molecule has 2 radical (unpaired) electrons. The molecule has 14 heavy (non-hydrogen) atoms. The molecule has 8 heteroatoms. The van der Waals surface area contributed by atoms with Crippen LogP contribution >= 0.6 is 0 Å². The molecule has 0 atom stereocenters. The number of non-ortho nitro benzene ring substituents is 1. The number of nitro benzene ring substituents is 1. The number of nitro groups is 1. The minimum Gasteiger partial charge on any atom is -0.294 e. The van der Waals surface area contributed by atoms with E-state index < -0.39 is 14.8 Å². The average Bonchev–Trinajstić information content (AvgIpc) is 2.01. The van der Waals surface area contributed by atoms with E-state index >= 15 is 0 Å². The van der Waals surface area contributed by atoms with Crippen LogP contribution in [0.4, 0.5) is 11.4 Å². The molecule has 72 valence electrons. The lowest BCUT2D eigenvalue weighted by atomic mass is 10.3. The number of nitrogens with one attached hydrogen (secondary N) is 1. The number of nitrogens with zero attached hydrogens (tertiary/aromatic N) is 1. The summed E-state index contributed by atoms with van der Waals surface area (Å²) in [7, 11) is 0.793. The third kappa shape index (κ3) is 3.06. The second-order valence-electron chi connectivity index (χ2n) is 2.45. The van der Waals surface area contributed by atoms with Crippen LogP contribution in [0.5, 0.6) is 0 Å². The van der Waals surface area contributed by atoms with Crippen molar-refractivity contribution in [2.24, 2.45) is 0 Å². The summed E-state index contributed by atoms with van der Waals surface area (Å²) in [6.45, 7) is 0. The summed E-state index contributed by atoms with van der Waals surface area (Å²) in [6.07, 6.45) is 0. The number of hydrogen-bond acceptors (Lipinski definition) is 4. The molecule has 0 saturated heterocycles. The molecule has 0 aliphatic carbocycles. The fraction of sp³-hybridized carbons (Fsp3) is 0. The molecule has 0 unspecified atom stereocenters. The predicted octanol–water partition coefficient (Wildman–Crippen LogP) is 0.420. The van der Waals surface area contributed by atoms with Gasteiger partial charge in [-0.1, -0.05) is 6.07 Å². The van der Waals surface area contributed by atoms with Gasteiger partial charge in [-0.25, -0.2) is 8.42 Å². The van der Waals surface area contributed by atoms with Gasteiger partial charge in [0.1, 0.15) is 0 Å². The molecule has 0 aromatic heterocycles. The Morgan fingerprint density at radius 3 is 2.57 bits per heavy atom. The topological polar surface area (TPSA) is 89.3 Å². The lowest BCUT2D eigenvalue weighted by Crippen LogP contribution is -2.11. The first kappa shape index (κ1) is 10.5. The lowest BCUT2D eigenvalue weighted by Gasteiger charge is -2.02. The van der Waals surface area contributed by atoms with Crippen LogP contribution in [0.15, 0.2) is 24.3 Å². The number of anilines is 1. The maximum Gasteiger partial charge on any atom is 0.285 e. The first-order valence-electron chi connectivity index (χ1n) is 3.43. The Morgan fingerprint density at radius 2 is 2.07 bits per heavy atom. The van der Waals surface area contributed by atoms with Crippen molar-refractivity contribution < 1.29 is 13.3 Å². The van der Waals surface area contributed by atoms with Gasteiger partial charge >= 0.3 is 0 Å². The Labute approximate surface area is 81.4 Å². The van der Waals surface area contributed by atoms with Gasteiger partial charge in [-0.2, -0.15) is 0 Å². The molecule has 0 aliphatic rings. The number of benzene rings is 1. The highest BCUT2D eigenvalue weighted by molar-refractivity contribution is 8.13. The highest BCUT2D eigenvalue weighted by Gasteiger charge is 2.07.